The Labute approximate surface area is 167 Å². The lowest BCUT2D eigenvalue weighted by molar-refractivity contribution is -0.0222. The second-order valence-electron chi connectivity index (χ2n) is 5.71. The molecule has 1 aromatic heterocycles. The fourth-order valence-corrected chi connectivity index (χ4v) is 5.45. The molecule has 0 bridgehead atoms. The van der Waals surface area contributed by atoms with Crippen LogP contribution < -0.4 is 5.56 Å². The van der Waals surface area contributed by atoms with E-state index in [-0.39, 0.29) is 11.3 Å². The Hall–Kier alpha value is -1.23. The molecule has 6 N–H and O–H groups in total. The second kappa shape index (κ2) is 9.10. The SMILES string of the molecule is C#Cc1[nH]c(=O)ccc1[C@@H]1O[C@H](COP(=O)(O)OP(=O)(O)OP(=O)(O)O)C(O)[C@@H]1F. The molecule has 1 fully saturated rings. The van der Waals surface area contributed by atoms with Crippen LogP contribution in [0.3, 0.4) is 0 Å². The number of aliphatic hydroxyl groups is 1. The van der Waals surface area contributed by atoms with Crippen molar-refractivity contribution in [3.63, 3.8) is 0 Å². The van der Waals surface area contributed by atoms with Crippen molar-refractivity contribution in [1.29, 1.82) is 0 Å². The first-order valence-corrected chi connectivity index (χ1v) is 12.1. The zero-order chi connectivity index (χ0) is 22.9. The average molecular weight is 493 g/mol. The van der Waals surface area contributed by atoms with Gasteiger partial charge in [0.1, 0.15) is 18.3 Å². The van der Waals surface area contributed by atoms with Crippen molar-refractivity contribution in [3.8, 4) is 12.3 Å². The monoisotopic (exact) mass is 493 g/mol. The van der Waals surface area contributed by atoms with Crippen molar-refractivity contribution < 1.29 is 60.6 Å². The first-order chi connectivity index (χ1) is 13.6. The van der Waals surface area contributed by atoms with Gasteiger partial charge < -0.3 is 34.4 Å². The Morgan fingerprint density at radius 3 is 2.37 bits per heavy atom. The minimum Gasteiger partial charge on any atom is -0.387 e. The van der Waals surface area contributed by atoms with E-state index in [9.17, 15) is 32.9 Å². The van der Waals surface area contributed by atoms with E-state index in [0.29, 0.717) is 0 Å². The van der Waals surface area contributed by atoms with Crippen molar-refractivity contribution in [2.45, 2.75) is 24.5 Å². The second-order valence-corrected chi connectivity index (χ2v) is 10.1. The molecule has 0 aliphatic carbocycles. The molecule has 30 heavy (non-hydrogen) atoms. The van der Waals surface area contributed by atoms with Gasteiger partial charge in [-0.1, -0.05) is 5.92 Å². The number of phosphoric ester groups is 1. The number of phosphoric acid groups is 3. The van der Waals surface area contributed by atoms with Crippen molar-refractivity contribution >= 4 is 23.5 Å². The summed E-state index contributed by atoms with van der Waals surface area (Å²) in [4.78, 5) is 48.9. The van der Waals surface area contributed by atoms with Gasteiger partial charge >= 0.3 is 23.5 Å². The Morgan fingerprint density at radius 1 is 1.17 bits per heavy atom. The Kier molecular flexibility index (Phi) is 7.59. The van der Waals surface area contributed by atoms with Crippen LogP contribution in [-0.2, 0) is 31.6 Å². The number of nitrogens with one attached hydrogen (secondary N) is 1. The third-order valence-electron chi connectivity index (χ3n) is 3.54. The number of aromatic nitrogens is 1. The van der Waals surface area contributed by atoms with Gasteiger partial charge in [-0.2, -0.15) is 8.62 Å². The topological polar surface area (TPSA) is 222 Å². The van der Waals surface area contributed by atoms with E-state index in [0.717, 1.165) is 12.1 Å². The molecule has 1 aliphatic rings. The molecule has 1 aliphatic heterocycles. The molecule has 2 rings (SSSR count). The largest absolute Gasteiger partial charge is 0.490 e. The van der Waals surface area contributed by atoms with Gasteiger partial charge in [0, 0.05) is 11.6 Å². The van der Waals surface area contributed by atoms with E-state index in [2.05, 4.69) is 24.0 Å². The molecule has 0 saturated carbocycles. The van der Waals surface area contributed by atoms with E-state index in [1.54, 1.807) is 0 Å². The van der Waals surface area contributed by atoms with Crippen LogP contribution in [-0.4, -0.2) is 54.7 Å². The van der Waals surface area contributed by atoms with Gasteiger partial charge in [-0.25, -0.2) is 18.1 Å². The Morgan fingerprint density at radius 2 is 1.80 bits per heavy atom. The molecular weight excluding hydrogens is 478 g/mol. The lowest BCUT2D eigenvalue weighted by Crippen LogP contribution is -2.31. The molecule has 14 nitrogen and oxygen atoms in total. The highest BCUT2D eigenvalue weighted by Gasteiger charge is 2.47. The molecule has 3 unspecified atom stereocenters. The summed E-state index contributed by atoms with van der Waals surface area (Å²) in [6.07, 6.45) is -1.91. The zero-order valence-electron chi connectivity index (χ0n) is 14.5. The summed E-state index contributed by atoms with van der Waals surface area (Å²) in [5.74, 6) is 2.11. The number of alkyl halides is 1. The van der Waals surface area contributed by atoms with E-state index in [4.69, 9.17) is 25.8 Å². The Bertz CT molecular complexity index is 1030. The first kappa shape index (κ1) is 25.0. The molecule has 6 atom stereocenters. The van der Waals surface area contributed by atoms with E-state index >= 15 is 0 Å². The molecule has 1 saturated heterocycles. The number of aliphatic hydroxyl groups excluding tert-OH is 1. The van der Waals surface area contributed by atoms with Crippen LogP contribution >= 0.6 is 23.5 Å². The number of rotatable bonds is 8. The van der Waals surface area contributed by atoms with E-state index in [1.807, 2.05) is 0 Å². The van der Waals surface area contributed by atoms with Crippen LogP contribution in [0.5, 0.6) is 0 Å². The van der Waals surface area contributed by atoms with Crippen molar-refractivity contribution in [2.75, 3.05) is 6.61 Å². The predicted octanol–water partition coefficient (Wildman–Crippen LogP) is -0.162. The molecule has 0 aromatic carbocycles. The fourth-order valence-electron chi connectivity index (χ4n) is 2.42. The van der Waals surface area contributed by atoms with Gasteiger partial charge in [0.2, 0.25) is 5.56 Å². The maximum absolute atomic E-state index is 14.5. The summed E-state index contributed by atoms with van der Waals surface area (Å²) in [6.45, 7) is -1.06. The lowest BCUT2D eigenvalue weighted by Gasteiger charge is -2.19. The number of aromatic amines is 1. The third kappa shape index (κ3) is 6.63. The van der Waals surface area contributed by atoms with Crippen LogP contribution in [0.4, 0.5) is 4.39 Å². The highest BCUT2D eigenvalue weighted by molar-refractivity contribution is 7.66. The molecule has 0 spiro atoms. The van der Waals surface area contributed by atoms with Crippen LogP contribution in [0.15, 0.2) is 16.9 Å². The van der Waals surface area contributed by atoms with E-state index < -0.39 is 60.1 Å². The number of terminal acetylenes is 1. The van der Waals surface area contributed by atoms with Gasteiger partial charge in [0.25, 0.3) is 0 Å². The maximum atomic E-state index is 14.5. The number of hydrogen-bond donors (Lipinski definition) is 6. The average Bonchev–Trinajstić information content (AvgIpc) is 2.85. The molecule has 0 radical (unpaired) electrons. The first-order valence-electron chi connectivity index (χ1n) is 7.60. The number of halogens is 1. The summed E-state index contributed by atoms with van der Waals surface area (Å²) >= 11 is 0. The molecule has 168 valence electrons. The fraction of sp³-hybridized carbons (Fsp3) is 0.417. The van der Waals surface area contributed by atoms with Crippen LogP contribution in [0, 0.1) is 12.3 Å². The lowest BCUT2D eigenvalue weighted by atomic mass is 10.0. The normalized spacial score (nSPS) is 28.4. The number of ether oxygens (including phenoxy) is 1. The summed E-state index contributed by atoms with van der Waals surface area (Å²) < 4.78 is 64.6. The predicted molar refractivity (Wildman–Crippen MR) is 93.3 cm³/mol. The summed E-state index contributed by atoms with van der Waals surface area (Å²) in [6, 6.07) is 2.18. The standard InChI is InChI=1S/C12H15FNO13P3/c1-2-7-6(3-4-9(15)14-7)12-10(13)11(16)8(25-12)5-24-29(20,21)27-30(22,23)26-28(17,18)19/h1,3-4,8,10-12,16H,5H2,(H,14,15)(H,20,21)(H,22,23)(H2,17,18,19)/t8-,10+,11?,12+/m1/s1. The zero-order valence-corrected chi connectivity index (χ0v) is 17.2. The minimum atomic E-state index is -5.73. The van der Waals surface area contributed by atoms with Gasteiger partial charge in [-0.15, -0.1) is 6.42 Å². The van der Waals surface area contributed by atoms with Gasteiger partial charge in [0.15, 0.2) is 6.17 Å². The van der Waals surface area contributed by atoms with Crippen molar-refractivity contribution in [3.05, 3.63) is 33.7 Å². The number of H-pyrrole nitrogens is 1. The van der Waals surface area contributed by atoms with Gasteiger partial charge in [0.05, 0.1) is 12.3 Å². The molecular formula is C12H15FNO13P3. The summed E-state index contributed by atoms with van der Waals surface area (Å²) in [5.41, 5.74) is -0.717. The smallest absolute Gasteiger partial charge is 0.387 e. The van der Waals surface area contributed by atoms with Crippen molar-refractivity contribution in [1.82, 2.24) is 4.98 Å². The van der Waals surface area contributed by atoms with Crippen LogP contribution in [0.25, 0.3) is 0 Å². The van der Waals surface area contributed by atoms with Crippen LogP contribution in [0.2, 0.25) is 0 Å². The third-order valence-corrected chi connectivity index (χ3v) is 7.34. The summed E-state index contributed by atoms with van der Waals surface area (Å²) in [7, 11) is -16.8. The Balaban J connectivity index is 2.09. The minimum absolute atomic E-state index is 0.00974. The van der Waals surface area contributed by atoms with E-state index in [1.165, 1.54) is 0 Å². The summed E-state index contributed by atoms with van der Waals surface area (Å²) in [5, 5.41) is 9.94. The van der Waals surface area contributed by atoms with Gasteiger partial charge in [-0.3, -0.25) is 9.32 Å². The highest BCUT2D eigenvalue weighted by atomic mass is 31.3. The molecule has 0 amide bonds. The number of hydrogen-bond acceptors (Lipinski definition) is 9. The molecule has 18 heteroatoms. The van der Waals surface area contributed by atoms with Gasteiger partial charge in [-0.05, 0) is 6.07 Å². The number of pyridine rings is 1. The molecule has 2 heterocycles. The van der Waals surface area contributed by atoms with Crippen LogP contribution in [0.1, 0.15) is 17.4 Å². The maximum Gasteiger partial charge on any atom is 0.490 e. The van der Waals surface area contributed by atoms with Crippen molar-refractivity contribution in [2.24, 2.45) is 0 Å². The molecule has 1 aromatic rings. The highest BCUT2D eigenvalue weighted by Crippen LogP contribution is 2.66. The quantitative estimate of drug-likeness (QED) is 0.205.